The number of rotatable bonds is 9. The van der Waals surface area contributed by atoms with Crippen LogP contribution in [0.1, 0.15) is 39.7 Å². The zero-order valence-electron chi connectivity index (χ0n) is 14.0. The van der Waals surface area contributed by atoms with Crippen LogP contribution in [0.3, 0.4) is 0 Å². The van der Waals surface area contributed by atoms with Gasteiger partial charge in [0.2, 0.25) is 0 Å². The third kappa shape index (κ3) is 7.34. The van der Waals surface area contributed by atoms with Crippen LogP contribution in [-0.4, -0.2) is 32.5 Å². The molecule has 0 aromatic heterocycles. The lowest BCUT2D eigenvalue weighted by atomic mass is 10.1. The van der Waals surface area contributed by atoms with Crippen LogP contribution in [0.15, 0.2) is 18.2 Å². The Morgan fingerprint density at radius 3 is 2.48 bits per heavy atom. The molecule has 0 heterocycles. The van der Waals surface area contributed by atoms with Gasteiger partial charge in [0.05, 0.1) is 13.7 Å². The molecule has 0 atom stereocenters. The molecule has 120 valence electrons. The monoisotopic (exact) mass is 295 g/mol. The molecule has 0 aliphatic rings. The van der Waals surface area contributed by atoms with Crippen LogP contribution < -0.4 is 14.8 Å². The van der Waals surface area contributed by atoms with E-state index in [9.17, 15) is 0 Å². The highest BCUT2D eigenvalue weighted by atomic mass is 16.5. The minimum atomic E-state index is 0.0601. The van der Waals surface area contributed by atoms with E-state index in [-0.39, 0.29) is 5.54 Å². The normalized spacial score (nSPS) is 11.5. The molecular weight excluding hydrogens is 266 g/mol. The fourth-order valence-corrected chi connectivity index (χ4v) is 1.78. The molecule has 0 saturated heterocycles. The predicted molar refractivity (Wildman–Crippen MR) is 86.2 cm³/mol. The number of benzene rings is 1. The quantitative estimate of drug-likeness (QED) is 0.709. The molecular formula is C17H29NO3. The van der Waals surface area contributed by atoms with Gasteiger partial charge in [0.1, 0.15) is 18.1 Å². The van der Waals surface area contributed by atoms with Gasteiger partial charge >= 0.3 is 0 Å². The van der Waals surface area contributed by atoms with Gasteiger partial charge in [-0.15, -0.1) is 0 Å². The highest BCUT2D eigenvalue weighted by molar-refractivity contribution is 5.40. The van der Waals surface area contributed by atoms with E-state index < -0.39 is 0 Å². The fourth-order valence-electron chi connectivity index (χ4n) is 1.78. The molecule has 1 aromatic rings. The van der Waals surface area contributed by atoms with Crippen LogP contribution >= 0.6 is 0 Å². The average molecular weight is 295 g/mol. The number of methoxy groups -OCH3 is 1. The van der Waals surface area contributed by atoms with E-state index in [1.807, 2.05) is 18.2 Å². The maximum Gasteiger partial charge on any atom is 0.124 e. The van der Waals surface area contributed by atoms with E-state index in [0.717, 1.165) is 36.6 Å². The fraction of sp³-hybridized carbons (Fsp3) is 0.647. The summed E-state index contributed by atoms with van der Waals surface area (Å²) in [6.45, 7) is 11.2. The number of ether oxygens (including phenoxy) is 3. The Hall–Kier alpha value is -1.26. The Morgan fingerprint density at radius 1 is 1.10 bits per heavy atom. The standard InChI is InChI=1S/C17H29NO3/c1-6-9-20-10-11-21-16-8-7-15(19-5)12-14(16)13-18-17(2,3)4/h7-8,12,18H,6,9-11,13H2,1-5H3. The molecule has 0 aliphatic carbocycles. The first-order chi connectivity index (χ1) is 9.96. The van der Waals surface area contributed by atoms with Crippen molar-refractivity contribution in [1.29, 1.82) is 0 Å². The highest BCUT2D eigenvalue weighted by Crippen LogP contribution is 2.24. The minimum absolute atomic E-state index is 0.0601. The van der Waals surface area contributed by atoms with Crippen molar-refractivity contribution in [2.45, 2.75) is 46.2 Å². The summed E-state index contributed by atoms with van der Waals surface area (Å²) in [6.07, 6.45) is 1.03. The van der Waals surface area contributed by atoms with Crippen LogP contribution in [0.2, 0.25) is 0 Å². The van der Waals surface area contributed by atoms with Gasteiger partial charge in [-0.3, -0.25) is 0 Å². The van der Waals surface area contributed by atoms with Gasteiger partial charge in [0, 0.05) is 24.3 Å². The molecule has 0 radical (unpaired) electrons. The van der Waals surface area contributed by atoms with Crippen molar-refractivity contribution in [3.63, 3.8) is 0 Å². The van der Waals surface area contributed by atoms with Gasteiger partial charge in [-0.1, -0.05) is 6.92 Å². The average Bonchev–Trinajstić information content (AvgIpc) is 2.44. The van der Waals surface area contributed by atoms with Crippen molar-refractivity contribution in [2.24, 2.45) is 0 Å². The van der Waals surface area contributed by atoms with Crippen molar-refractivity contribution in [2.75, 3.05) is 26.9 Å². The second-order valence-corrected chi connectivity index (χ2v) is 6.04. The van der Waals surface area contributed by atoms with Gasteiger partial charge in [0.15, 0.2) is 0 Å². The lowest BCUT2D eigenvalue weighted by molar-refractivity contribution is 0.100. The van der Waals surface area contributed by atoms with Crippen LogP contribution in [-0.2, 0) is 11.3 Å². The zero-order chi connectivity index (χ0) is 15.7. The first-order valence-electron chi connectivity index (χ1n) is 7.58. The first-order valence-corrected chi connectivity index (χ1v) is 7.58. The van der Waals surface area contributed by atoms with Crippen molar-refractivity contribution in [1.82, 2.24) is 5.32 Å². The molecule has 4 heteroatoms. The molecule has 21 heavy (non-hydrogen) atoms. The van der Waals surface area contributed by atoms with Crippen LogP contribution in [0.5, 0.6) is 11.5 Å². The molecule has 0 fully saturated rings. The number of hydrogen-bond acceptors (Lipinski definition) is 4. The van der Waals surface area contributed by atoms with Crippen molar-refractivity contribution in [3.8, 4) is 11.5 Å². The van der Waals surface area contributed by atoms with Crippen molar-refractivity contribution in [3.05, 3.63) is 23.8 Å². The summed E-state index contributed by atoms with van der Waals surface area (Å²) in [5.41, 5.74) is 1.16. The van der Waals surface area contributed by atoms with Crippen LogP contribution in [0.4, 0.5) is 0 Å². The van der Waals surface area contributed by atoms with Gasteiger partial charge in [-0.05, 0) is 45.4 Å². The lowest BCUT2D eigenvalue weighted by Crippen LogP contribution is -2.35. The summed E-state index contributed by atoms with van der Waals surface area (Å²) in [7, 11) is 1.68. The Labute approximate surface area is 128 Å². The second kappa shape index (κ2) is 8.90. The SMILES string of the molecule is CCCOCCOc1ccc(OC)cc1CNC(C)(C)C. The Balaban J connectivity index is 2.63. The molecule has 0 saturated carbocycles. The maximum atomic E-state index is 5.83. The van der Waals surface area contributed by atoms with Crippen molar-refractivity contribution < 1.29 is 14.2 Å². The van der Waals surface area contributed by atoms with Gasteiger partial charge in [0.25, 0.3) is 0 Å². The van der Waals surface area contributed by atoms with Gasteiger partial charge < -0.3 is 19.5 Å². The van der Waals surface area contributed by atoms with E-state index in [0.29, 0.717) is 13.2 Å². The topological polar surface area (TPSA) is 39.7 Å². The Kier molecular flexibility index (Phi) is 7.54. The van der Waals surface area contributed by atoms with Gasteiger partial charge in [-0.2, -0.15) is 0 Å². The summed E-state index contributed by atoms with van der Waals surface area (Å²) in [5, 5.41) is 3.47. The molecule has 0 aliphatic heterocycles. The molecule has 0 bridgehead atoms. The zero-order valence-corrected chi connectivity index (χ0v) is 14.0. The van der Waals surface area contributed by atoms with E-state index >= 15 is 0 Å². The minimum Gasteiger partial charge on any atom is -0.497 e. The predicted octanol–water partition coefficient (Wildman–Crippen LogP) is 3.39. The largest absolute Gasteiger partial charge is 0.497 e. The molecule has 0 unspecified atom stereocenters. The summed E-state index contributed by atoms with van der Waals surface area (Å²) in [4.78, 5) is 0. The van der Waals surface area contributed by atoms with E-state index in [1.54, 1.807) is 7.11 Å². The van der Waals surface area contributed by atoms with Crippen molar-refractivity contribution >= 4 is 0 Å². The summed E-state index contributed by atoms with van der Waals surface area (Å²) in [5.74, 6) is 1.72. The number of hydrogen-bond donors (Lipinski definition) is 1. The van der Waals surface area contributed by atoms with E-state index in [1.165, 1.54) is 0 Å². The summed E-state index contributed by atoms with van der Waals surface area (Å²) < 4.78 is 16.6. The number of nitrogens with one attached hydrogen (secondary N) is 1. The third-order valence-corrected chi connectivity index (χ3v) is 2.91. The molecule has 1 rings (SSSR count). The van der Waals surface area contributed by atoms with Crippen LogP contribution in [0.25, 0.3) is 0 Å². The molecule has 4 nitrogen and oxygen atoms in total. The Morgan fingerprint density at radius 2 is 1.86 bits per heavy atom. The first kappa shape index (κ1) is 17.8. The van der Waals surface area contributed by atoms with Gasteiger partial charge in [-0.25, -0.2) is 0 Å². The smallest absolute Gasteiger partial charge is 0.124 e. The summed E-state index contributed by atoms with van der Waals surface area (Å²) >= 11 is 0. The molecule has 0 spiro atoms. The lowest BCUT2D eigenvalue weighted by Gasteiger charge is -2.22. The highest BCUT2D eigenvalue weighted by Gasteiger charge is 2.12. The van der Waals surface area contributed by atoms with E-state index in [4.69, 9.17) is 14.2 Å². The molecule has 1 N–H and O–H groups in total. The Bertz CT molecular complexity index is 413. The molecule has 1 aromatic carbocycles. The van der Waals surface area contributed by atoms with E-state index in [2.05, 4.69) is 33.0 Å². The second-order valence-electron chi connectivity index (χ2n) is 6.04. The summed E-state index contributed by atoms with van der Waals surface area (Å²) in [6, 6.07) is 5.89. The molecule has 0 amide bonds. The third-order valence-electron chi connectivity index (χ3n) is 2.91. The van der Waals surface area contributed by atoms with Crippen LogP contribution in [0, 0.1) is 0 Å². The maximum absolute atomic E-state index is 5.83.